The first-order valence-corrected chi connectivity index (χ1v) is 6.74. The second-order valence-electron chi connectivity index (χ2n) is 5.35. The van der Waals surface area contributed by atoms with E-state index in [9.17, 15) is 9.90 Å². The fourth-order valence-electron chi connectivity index (χ4n) is 3.19. The Morgan fingerprint density at radius 2 is 1.75 bits per heavy atom. The van der Waals surface area contributed by atoms with Crippen molar-refractivity contribution in [2.75, 3.05) is 13.1 Å². The number of likely N-dealkylation sites (tertiary alicyclic amines) is 1. The first kappa shape index (κ1) is 11.9. The summed E-state index contributed by atoms with van der Waals surface area (Å²) in [5.41, 5.74) is 0. The Morgan fingerprint density at radius 1 is 1.06 bits per heavy atom. The highest BCUT2D eigenvalue weighted by Gasteiger charge is 2.30. The van der Waals surface area contributed by atoms with Crippen LogP contribution < -0.4 is 0 Å². The number of rotatable bonds is 3. The first-order chi connectivity index (χ1) is 7.77. The zero-order valence-electron chi connectivity index (χ0n) is 10.0. The highest BCUT2D eigenvalue weighted by Crippen LogP contribution is 2.27. The van der Waals surface area contributed by atoms with E-state index >= 15 is 0 Å². The average molecular weight is 225 g/mol. The summed E-state index contributed by atoms with van der Waals surface area (Å²) in [6, 6.07) is -0.198. The summed E-state index contributed by atoms with van der Waals surface area (Å²) in [5, 5.41) is 9.20. The van der Waals surface area contributed by atoms with Crippen LogP contribution in [0.25, 0.3) is 0 Å². The lowest BCUT2D eigenvalue weighted by Gasteiger charge is -2.36. The fraction of sp³-hybridized carbons (Fsp3) is 0.923. The third-order valence-corrected chi connectivity index (χ3v) is 4.12. The minimum atomic E-state index is -0.615. The average Bonchev–Trinajstić information content (AvgIpc) is 2.31. The van der Waals surface area contributed by atoms with Crippen molar-refractivity contribution in [1.82, 2.24) is 4.90 Å². The third-order valence-electron chi connectivity index (χ3n) is 4.12. The maximum atomic E-state index is 11.2. The minimum Gasteiger partial charge on any atom is -0.480 e. The van der Waals surface area contributed by atoms with Crippen molar-refractivity contribution >= 4 is 5.97 Å². The van der Waals surface area contributed by atoms with Gasteiger partial charge in [0.25, 0.3) is 0 Å². The van der Waals surface area contributed by atoms with Crippen molar-refractivity contribution in [2.45, 2.75) is 57.4 Å². The smallest absolute Gasteiger partial charge is 0.320 e. The topological polar surface area (TPSA) is 40.5 Å². The molecule has 1 saturated heterocycles. The molecule has 0 amide bonds. The summed E-state index contributed by atoms with van der Waals surface area (Å²) in [4.78, 5) is 13.4. The van der Waals surface area contributed by atoms with Crippen LogP contribution in [-0.2, 0) is 4.79 Å². The van der Waals surface area contributed by atoms with E-state index < -0.39 is 5.97 Å². The van der Waals surface area contributed by atoms with Crippen molar-refractivity contribution in [3.63, 3.8) is 0 Å². The molecule has 3 nitrogen and oxygen atoms in total. The highest BCUT2D eigenvalue weighted by atomic mass is 16.4. The lowest BCUT2D eigenvalue weighted by atomic mass is 9.88. The van der Waals surface area contributed by atoms with Gasteiger partial charge >= 0.3 is 5.97 Å². The highest BCUT2D eigenvalue weighted by molar-refractivity contribution is 5.73. The standard InChI is InChI=1S/C13H23NO2/c15-13(16)12-8-4-5-9-14(12)10-11-6-2-1-3-7-11/h11-12H,1-10H2,(H,15,16). The molecular weight excluding hydrogens is 202 g/mol. The number of hydrogen-bond donors (Lipinski definition) is 1. The molecule has 1 aliphatic heterocycles. The van der Waals surface area contributed by atoms with Gasteiger partial charge < -0.3 is 5.11 Å². The molecule has 2 fully saturated rings. The number of hydrogen-bond acceptors (Lipinski definition) is 2. The molecule has 1 unspecified atom stereocenters. The quantitative estimate of drug-likeness (QED) is 0.802. The van der Waals surface area contributed by atoms with E-state index in [0.717, 1.165) is 31.8 Å². The predicted octanol–water partition coefficient (Wildman–Crippen LogP) is 2.51. The molecule has 92 valence electrons. The molecule has 0 aromatic heterocycles. The first-order valence-electron chi connectivity index (χ1n) is 6.74. The monoisotopic (exact) mass is 225 g/mol. The van der Waals surface area contributed by atoms with Crippen molar-refractivity contribution in [2.24, 2.45) is 5.92 Å². The largest absolute Gasteiger partial charge is 0.480 e. The van der Waals surface area contributed by atoms with Crippen molar-refractivity contribution in [1.29, 1.82) is 0 Å². The molecular formula is C13H23NO2. The molecule has 0 bridgehead atoms. The normalized spacial score (nSPS) is 29.1. The van der Waals surface area contributed by atoms with Crippen LogP contribution in [0.3, 0.4) is 0 Å². The van der Waals surface area contributed by atoms with E-state index in [2.05, 4.69) is 4.90 Å². The van der Waals surface area contributed by atoms with Gasteiger partial charge in [0, 0.05) is 6.54 Å². The van der Waals surface area contributed by atoms with Crippen molar-refractivity contribution in [3.8, 4) is 0 Å². The predicted molar refractivity (Wildman–Crippen MR) is 63.4 cm³/mol. The molecule has 16 heavy (non-hydrogen) atoms. The molecule has 1 saturated carbocycles. The summed E-state index contributed by atoms with van der Waals surface area (Å²) in [5.74, 6) is 0.143. The van der Waals surface area contributed by atoms with Crippen molar-refractivity contribution < 1.29 is 9.90 Å². The molecule has 0 aromatic rings. The maximum Gasteiger partial charge on any atom is 0.320 e. The van der Waals surface area contributed by atoms with E-state index in [1.54, 1.807) is 0 Å². The fourth-order valence-corrected chi connectivity index (χ4v) is 3.19. The van der Waals surface area contributed by atoms with Gasteiger partial charge in [-0.25, -0.2) is 0 Å². The van der Waals surface area contributed by atoms with Gasteiger partial charge in [-0.3, -0.25) is 9.69 Å². The number of carboxylic acids is 1. The molecule has 1 N–H and O–H groups in total. The number of nitrogens with zero attached hydrogens (tertiary/aromatic N) is 1. The van der Waals surface area contributed by atoms with Crippen LogP contribution in [-0.4, -0.2) is 35.1 Å². The molecule has 1 atom stereocenters. The van der Waals surface area contributed by atoms with Gasteiger partial charge in [0.15, 0.2) is 0 Å². The lowest BCUT2D eigenvalue weighted by molar-refractivity contribution is -0.144. The van der Waals surface area contributed by atoms with Crippen molar-refractivity contribution in [3.05, 3.63) is 0 Å². The number of carboxylic acid groups (broad SMARTS) is 1. The minimum absolute atomic E-state index is 0.198. The van der Waals surface area contributed by atoms with Gasteiger partial charge in [0.1, 0.15) is 6.04 Å². The van der Waals surface area contributed by atoms with Crippen LogP contribution in [0.2, 0.25) is 0 Å². The summed E-state index contributed by atoms with van der Waals surface area (Å²) in [7, 11) is 0. The molecule has 0 radical (unpaired) electrons. The van der Waals surface area contributed by atoms with E-state index in [1.165, 1.54) is 38.5 Å². The molecule has 0 aromatic carbocycles. The Labute approximate surface area is 97.8 Å². The maximum absolute atomic E-state index is 11.2. The van der Waals surface area contributed by atoms with Gasteiger partial charge in [-0.15, -0.1) is 0 Å². The molecule has 1 heterocycles. The van der Waals surface area contributed by atoms with E-state index in [1.807, 2.05) is 0 Å². The van der Waals surface area contributed by atoms with E-state index in [4.69, 9.17) is 0 Å². The molecule has 2 rings (SSSR count). The Balaban J connectivity index is 1.87. The second kappa shape index (κ2) is 5.67. The molecule has 3 heteroatoms. The van der Waals surface area contributed by atoms with Gasteiger partial charge in [0.05, 0.1) is 0 Å². The Bertz CT molecular complexity index is 236. The van der Waals surface area contributed by atoms with Crippen LogP contribution in [0.4, 0.5) is 0 Å². The SMILES string of the molecule is O=C(O)C1CCCCN1CC1CCCCC1. The van der Waals surface area contributed by atoms with Crippen LogP contribution in [0.15, 0.2) is 0 Å². The van der Waals surface area contributed by atoms with Gasteiger partial charge in [-0.05, 0) is 38.1 Å². The zero-order chi connectivity index (χ0) is 11.4. The molecule has 1 aliphatic carbocycles. The van der Waals surface area contributed by atoms with Crippen LogP contribution in [0, 0.1) is 5.92 Å². The van der Waals surface area contributed by atoms with E-state index in [-0.39, 0.29) is 6.04 Å². The van der Waals surface area contributed by atoms with Crippen LogP contribution >= 0.6 is 0 Å². The van der Waals surface area contributed by atoms with Crippen LogP contribution in [0.1, 0.15) is 51.4 Å². The summed E-state index contributed by atoms with van der Waals surface area (Å²) in [6.07, 6.45) is 9.79. The summed E-state index contributed by atoms with van der Waals surface area (Å²) < 4.78 is 0. The summed E-state index contributed by atoms with van der Waals surface area (Å²) >= 11 is 0. The Morgan fingerprint density at radius 3 is 2.44 bits per heavy atom. The summed E-state index contributed by atoms with van der Waals surface area (Å²) in [6.45, 7) is 2.02. The molecule has 0 spiro atoms. The number of piperidine rings is 1. The lowest BCUT2D eigenvalue weighted by Crippen LogP contribution is -2.46. The number of aliphatic carboxylic acids is 1. The Kier molecular flexibility index (Phi) is 4.22. The van der Waals surface area contributed by atoms with Gasteiger partial charge in [-0.1, -0.05) is 25.7 Å². The number of carbonyl (C=O) groups is 1. The van der Waals surface area contributed by atoms with Gasteiger partial charge in [-0.2, -0.15) is 0 Å². The molecule has 2 aliphatic rings. The second-order valence-corrected chi connectivity index (χ2v) is 5.35. The van der Waals surface area contributed by atoms with Crippen LogP contribution in [0.5, 0.6) is 0 Å². The Hall–Kier alpha value is -0.570. The third kappa shape index (κ3) is 2.97. The van der Waals surface area contributed by atoms with Gasteiger partial charge in [0.2, 0.25) is 0 Å². The zero-order valence-corrected chi connectivity index (χ0v) is 10.0. The van der Waals surface area contributed by atoms with E-state index in [0.29, 0.717) is 0 Å².